The van der Waals surface area contributed by atoms with Crippen molar-refractivity contribution in [3.8, 4) is 11.5 Å². The maximum absolute atomic E-state index is 14.4. The molecule has 1 N–H and O–H groups in total. The van der Waals surface area contributed by atoms with Crippen molar-refractivity contribution in [1.29, 1.82) is 0 Å². The van der Waals surface area contributed by atoms with E-state index in [0.717, 1.165) is 58.3 Å². The molecule has 3 aromatic carbocycles. The number of ether oxygens (including phenoxy) is 2. The second-order valence-corrected chi connectivity index (χ2v) is 14.1. The highest BCUT2D eigenvalue weighted by Gasteiger charge is 2.34. The van der Waals surface area contributed by atoms with E-state index in [-0.39, 0.29) is 30.6 Å². The Hall–Kier alpha value is -3.57. The van der Waals surface area contributed by atoms with Crippen LogP contribution in [0.15, 0.2) is 77.3 Å². The van der Waals surface area contributed by atoms with Gasteiger partial charge in [-0.15, -0.1) is 0 Å². The lowest BCUT2D eigenvalue weighted by atomic mass is 9.94. The number of rotatable bonds is 11. The van der Waals surface area contributed by atoms with Gasteiger partial charge in [0.25, 0.3) is 0 Å². The molecule has 0 aromatic heterocycles. The van der Waals surface area contributed by atoms with Crippen molar-refractivity contribution >= 4 is 43.5 Å². The number of hydrogen-bond acceptors (Lipinski definition) is 6. The first kappa shape index (κ1) is 31.8. The number of sulfonamides is 1. The van der Waals surface area contributed by atoms with Crippen LogP contribution in [-0.2, 0) is 32.6 Å². The fraction of sp³-hybridized carbons (Fsp3) is 0.394. The molecule has 0 radical (unpaired) electrons. The summed E-state index contributed by atoms with van der Waals surface area (Å²) >= 11 is 3.51. The van der Waals surface area contributed by atoms with E-state index in [1.807, 2.05) is 54.6 Å². The maximum Gasteiger partial charge on any atom is 0.244 e. The van der Waals surface area contributed by atoms with Crippen LogP contribution in [0.3, 0.4) is 0 Å². The number of carbonyl (C=O) groups excluding carboxylic acids is 2. The minimum Gasteiger partial charge on any atom is -0.486 e. The summed E-state index contributed by atoms with van der Waals surface area (Å²) < 4.78 is 39.4. The van der Waals surface area contributed by atoms with E-state index in [1.165, 1.54) is 4.90 Å². The van der Waals surface area contributed by atoms with Crippen molar-refractivity contribution in [3.63, 3.8) is 0 Å². The van der Waals surface area contributed by atoms with Gasteiger partial charge in [0, 0.05) is 29.5 Å². The predicted octanol–water partition coefficient (Wildman–Crippen LogP) is 5.08. The number of nitrogens with one attached hydrogen (secondary N) is 1. The van der Waals surface area contributed by atoms with E-state index in [0.29, 0.717) is 24.7 Å². The molecule has 234 valence electrons. The van der Waals surface area contributed by atoms with Gasteiger partial charge in [-0.25, -0.2) is 8.42 Å². The molecule has 1 fully saturated rings. The van der Waals surface area contributed by atoms with Crippen LogP contribution in [0.25, 0.3) is 0 Å². The average Bonchev–Trinajstić information content (AvgIpc) is 3.01. The number of halogens is 1. The molecule has 11 heteroatoms. The average molecular weight is 685 g/mol. The molecule has 0 bridgehead atoms. The standard InChI is InChI=1S/C33H38BrN3O6S/c1-44(40,41)37(28-15-16-30-31(21-28)43-18-17-42-30)23-32(38)36(22-25-11-8-12-26(34)19-25)29(20-24-9-4-2-5-10-24)33(39)35-27-13-6-3-7-14-27/h2,4-5,8-12,15-16,19,21,27,29H,3,6-7,13-14,17-18,20,22-23H2,1H3,(H,35,39)/t29-/m1/s1. The highest BCUT2D eigenvalue weighted by Crippen LogP contribution is 2.35. The Morgan fingerprint density at radius 1 is 0.909 bits per heavy atom. The van der Waals surface area contributed by atoms with Crippen LogP contribution in [0, 0.1) is 0 Å². The third-order valence-electron chi connectivity index (χ3n) is 7.96. The van der Waals surface area contributed by atoms with Gasteiger partial charge >= 0.3 is 0 Å². The molecule has 2 amide bonds. The molecule has 1 heterocycles. The van der Waals surface area contributed by atoms with Gasteiger partial charge in [0.1, 0.15) is 25.8 Å². The van der Waals surface area contributed by atoms with Crippen molar-refractivity contribution in [2.24, 2.45) is 0 Å². The SMILES string of the molecule is CS(=O)(=O)N(CC(=O)N(Cc1cccc(Br)c1)[C@H](Cc1ccccc1)C(=O)NC1CCCCC1)c1ccc2c(c1)OCCO2. The van der Waals surface area contributed by atoms with E-state index in [9.17, 15) is 18.0 Å². The van der Waals surface area contributed by atoms with Crippen LogP contribution in [0.5, 0.6) is 11.5 Å². The topological polar surface area (TPSA) is 105 Å². The van der Waals surface area contributed by atoms with Crippen molar-refractivity contribution < 1.29 is 27.5 Å². The third-order valence-corrected chi connectivity index (χ3v) is 9.59. The van der Waals surface area contributed by atoms with E-state index < -0.39 is 28.5 Å². The first-order valence-corrected chi connectivity index (χ1v) is 17.6. The zero-order valence-corrected chi connectivity index (χ0v) is 27.2. The number of nitrogens with zero attached hydrogens (tertiary/aromatic N) is 2. The van der Waals surface area contributed by atoms with Gasteiger partial charge in [-0.05, 0) is 48.2 Å². The molecule has 0 spiro atoms. The van der Waals surface area contributed by atoms with Crippen molar-refractivity contribution in [2.45, 2.75) is 57.2 Å². The Morgan fingerprint density at radius 2 is 1.61 bits per heavy atom. The Kier molecular flexibility index (Phi) is 10.5. The molecule has 44 heavy (non-hydrogen) atoms. The Morgan fingerprint density at radius 3 is 2.32 bits per heavy atom. The van der Waals surface area contributed by atoms with Gasteiger partial charge in [0.2, 0.25) is 21.8 Å². The lowest BCUT2D eigenvalue weighted by molar-refractivity contribution is -0.140. The summed E-state index contributed by atoms with van der Waals surface area (Å²) in [5, 5.41) is 3.22. The summed E-state index contributed by atoms with van der Waals surface area (Å²) in [5.74, 6) is 0.187. The van der Waals surface area contributed by atoms with Crippen molar-refractivity contribution in [2.75, 3.05) is 30.3 Å². The quantitative estimate of drug-likeness (QED) is 0.303. The van der Waals surface area contributed by atoms with Gasteiger partial charge in [-0.2, -0.15) is 0 Å². The van der Waals surface area contributed by atoms with E-state index in [1.54, 1.807) is 18.2 Å². The largest absolute Gasteiger partial charge is 0.486 e. The lowest BCUT2D eigenvalue weighted by Crippen LogP contribution is -2.55. The molecule has 0 saturated heterocycles. The Labute approximate surface area is 267 Å². The highest BCUT2D eigenvalue weighted by molar-refractivity contribution is 9.10. The number of benzene rings is 3. The monoisotopic (exact) mass is 683 g/mol. The summed E-state index contributed by atoms with van der Waals surface area (Å²) in [7, 11) is -3.90. The summed E-state index contributed by atoms with van der Waals surface area (Å²) in [6, 6.07) is 21.1. The van der Waals surface area contributed by atoms with Crippen LogP contribution in [-0.4, -0.2) is 63.2 Å². The van der Waals surface area contributed by atoms with Crippen LogP contribution < -0.4 is 19.1 Å². The lowest BCUT2D eigenvalue weighted by Gasteiger charge is -2.35. The highest BCUT2D eigenvalue weighted by atomic mass is 79.9. The van der Waals surface area contributed by atoms with Gasteiger partial charge in [0.15, 0.2) is 11.5 Å². The van der Waals surface area contributed by atoms with E-state index >= 15 is 0 Å². The molecule has 1 aliphatic heterocycles. The number of hydrogen-bond donors (Lipinski definition) is 1. The Balaban J connectivity index is 1.50. The van der Waals surface area contributed by atoms with Crippen LogP contribution >= 0.6 is 15.9 Å². The van der Waals surface area contributed by atoms with Gasteiger partial charge in [-0.1, -0.05) is 77.7 Å². The molecule has 0 unspecified atom stereocenters. The number of amides is 2. The van der Waals surface area contributed by atoms with E-state index in [2.05, 4.69) is 21.2 Å². The summed E-state index contributed by atoms with van der Waals surface area (Å²) in [4.78, 5) is 29.9. The fourth-order valence-corrected chi connectivity index (χ4v) is 7.02. The van der Waals surface area contributed by atoms with Crippen LogP contribution in [0.2, 0.25) is 0 Å². The summed E-state index contributed by atoms with van der Waals surface area (Å²) in [6.07, 6.45) is 6.38. The molecular weight excluding hydrogens is 646 g/mol. The normalized spacial score (nSPS) is 15.7. The molecular formula is C33H38BrN3O6S. The molecule has 2 aliphatic rings. The molecule has 1 saturated carbocycles. The van der Waals surface area contributed by atoms with Crippen molar-refractivity contribution in [3.05, 3.63) is 88.4 Å². The number of anilines is 1. The molecule has 1 aliphatic carbocycles. The van der Waals surface area contributed by atoms with Crippen LogP contribution in [0.4, 0.5) is 5.69 Å². The first-order valence-electron chi connectivity index (χ1n) is 14.9. The summed E-state index contributed by atoms with van der Waals surface area (Å²) in [5.41, 5.74) is 1.98. The zero-order chi connectivity index (χ0) is 31.1. The predicted molar refractivity (Wildman–Crippen MR) is 173 cm³/mol. The Bertz CT molecular complexity index is 1560. The third kappa shape index (κ3) is 8.32. The first-order chi connectivity index (χ1) is 21.2. The van der Waals surface area contributed by atoms with Gasteiger partial charge < -0.3 is 19.7 Å². The number of carbonyl (C=O) groups is 2. The molecule has 1 atom stereocenters. The number of fused-ring (bicyclic) bond motifs is 1. The van der Waals surface area contributed by atoms with Crippen molar-refractivity contribution in [1.82, 2.24) is 10.2 Å². The van der Waals surface area contributed by atoms with Gasteiger partial charge in [-0.3, -0.25) is 13.9 Å². The zero-order valence-electron chi connectivity index (χ0n) is 24.8. The maximum atomic E-state index is 14.4. The summed E-state index contributed by atoms with van der Waals surface area (Å²) in [6.45, 7) is 0.365. The smallest absolute Gasteiger partial charge is 0.244 e. The van der Waals surface area contributed by atoms with Gasteiger partial charge in [0.05, 0.1) is 11.9 Å². The minimum absolute atomic E-state index is 0.0441. The minimum atomic E-state index is -3.90. The molecule has 5 rings (SSSR count). The second kappa shape index (κ2) is 14.5. The van der Waals surface area contributed by atoms with Crippen LogP contribution in [0.1, 0.15) is 43.2 Å². The molecule has 3 aromatic rings. The fourth-order valence-electron chi connectivity index (χ4n) is 5.73. The van der Waals surface area contributed by atoms with E-state index in [4.69, 9.17) is 9.47 Å². The second-order valence-electron chi connectivity index (χ2n) is 11.3. The molecule has 9 nitrogen and oxygen atoms in total.